The van der Waals surface area contributed by atoms with Crippen molar-refractivity contribution in [1.29, 1.82) is 0 Å². The van der Waals surface area contributed by atoms with E-state index in [2.05, 4.69) is 9.84 Å². The van der Waals surface area contributed by atoms with Gasteiger partial charge in [-0.25, -0.2) is 32.1 Å². The third kappa shape index (κ3) is 3.03. The van der Waals surface area contributed by atoms with Crippen molar-refractivity contribution in [1.82, 2.24) is 19.1 Å². The third-order valence-corrected chi connectivity index (χ3v) is 5.11. The maximum atomic E-state index is 12.3. The van der Waals surface area contributed by atoms with Crippen LogP contribution in [0.1, 0.15) is 10.4 Å². The van der Waals surface area contributed by atoms with Crippen molar-refractivity contribution in [2.24, 2.45) is 7.05 Å². The lowest BCUT2D eigenvalue weighted by Crippen LogP contribution is -2.40. The lowest BCUT2D eigenvalue weighted by atomic mass is 10.3. The van der Waals surface area contributed by atoms with Crippen molar-refractivity contribution in [2.45, 2.75) is 4.90 Å². The van der Waals surface area contributed by atoms with Crippen LogP contribution in [-0.2, 0) is 21.8 Å². The highest BCUT2D eigenvalue weighted by Gasteiger charge is 2.28. The van der Waals surface area contributed by atoms with Gasteiger partial charge in [0.05, 0.1) is 19.8 Å². The highest BCUT2D eigenvalue weighted by atomic mass is 32.2. The zero-order valence-electron chi connectivity index (χ0n) is 12.7. The largest absolute Gasteiger partial charge is 0.467 e. The number of carbonyl (C=O) groups excluding carboxylic acids is 2. The first-order valence-electron chi connectivity index (χ1n) is 6.14. The maximum absolute atomic E-state index is 12.3. The summed E-state index contributed by atoms with van der Waals surface area (Å²) < 4.78 is 36.7. The number of hydrogen-bond acceptors (Lipinski definition) is 9. The predicted molar refractivity (Wildman–Crippen MR) is 80.8 cm³/mol. The molecule has 1 amide bonds. The Morgan fingerprint density at radius 2 is 1.96 bits per heavy atom. The van der Waals surface area contributed by atoms with Gasteiger partial charge in [0, 0.05) is 17.8 Å². The molecule has 2 aromatic heterocycles. The Morgan fingerprint density at radius 3 is 2.50 bits per heavy atom. The van der Waals surface area contributed by atoms with E-state index in [0.29, 0.717) is 4.68 Å². The van der Waals surface area contributed by atoms with Crippen LogP contribution in [-0.4, -0.2) is 49.0 Å². The summed E-state index contributed by atoms with van der Waals surface area (Å²) in [6.45, 7) is 0. The van der Waals surface area contributed by atoms with Gasteiger partial charge in [0.15, 0.2) is 0 Å². The molecule has 2 aromatic rings. The van der Waals surface area contributed by atoms with Gasteiger partial charge in [0.25, 0.3) is 10.0 Å². The van der Waals surface area contributed by atoms with Crippen LogP contribution in [0.5, 0.6) is 6.01 Å². The fourth-order valence-corrected chi connectivity index (χ4v) is 3.98. The average Bonchev–Trinajstić information content (AvgIpc) is 3.13. The fraction of sp³-hybridized carbons (Fsp3) is 0.273. The normalized spacial score (nSPS) is 11.1. The minimum atomic E-state index is -4.42. The average molecular weight is 376 g/mol. The van der Waals surface area contributed by atoms with E-state index in [-0.39, 0.29) is 11.6 Å². The van der Waals surface area contributed by atoms with Gasteiger partial charge in [-0.3, -0.25) is 0 Å². The number of nitrogens with zero attached hydrogens (tertiary/aromatic N) is 3. The minimum Gasteiger partial charge on any atom is -0.467 e. The molecular formula is C11H12N4O7S2. The summed E-state index contributed by atoms with van der Waals surface area (Å²) >= 11 is 0.933. The molecule has 0 aromatic carbocycles. The molecule has 0 aliphatic heterocycles. The molecule has 130 valence electrons. The second-order valence-electron chi connectivity index (χ2n) is 4.29. The van der Waals surface area contributed by atoms with E-state index in [9.17, 15) is 22.8 Å². The van der Waals surface area contributed by atoms with E-state index < -0.39 is 32.6 Å². The van der Waals surface area contributed by atoms with Crippen LogP contribution in [0.3, 0.4) is 0 Å². The lowest BCUT2D eigenvalue weighted by Gasteiger charge is -2.06. The SMILES string of the molecule is COC(=O)c1cscc1S(=O)(=O)NC(=O)n1nc(OC)n(C)c1=O. The van der Waals surface area contributed by atoms with Gasteiger partial charge in [-0.05, 0) is 0 Å². The molecule has 0 fully saturated rings. The summed E-state index contributed by atoms with van der Waals surface area (Å²) in [5.74, 6) is -0.874. The van der Waals surface area contributed by atoms with E-state index >= 15 is 0 Å². The molecule has 13 heteroatoms. The van der Waals surface area contributed by atoms with Crippen molar-refractivity contribution in [2.75, 3.05) is 14.2 Å². The Morgan fingerprint density at radius 1 is 1.29 bits per heavy atom. The minimum absolute atomic E-state index is 0.182. The Labute approximate surface area is 139 Å². The second-order valence-corrected chi connectivity index (χ2v) is 6.69. The molecule has 2 rings (SSSR count). The highest BCUT2D eigenvalue weighted by molar-refractivity contribution is 7.90. The number of amides is 1. The molecule has 0 spiro atoms. The second kappa shape index (κ2) is 6.45. The van der Waals surface area contributed by atoms with E-state index in [0.717, 1.165) is 28.4 Å². The number of hydrogen-bond donors (Lipinski definition) is 1. The molecule has 11 nitrogen and oxygen atoms in total. The van der Waals surface area contributed by atoms with Gasteiger partial charge in [-0.1, -0.05) is 0 Å². The number of rotatable bonds is 4. The Balaban J connectivity index is 2.37. The molecule has 0 saturated heterocycles. The van der Waals surface area contributed by atoms with Crippen LogP contribution < -0.4 is 15.1 Å². The number of carbonyl (C=O) groups is 2. The lowest BCUT2D eigenvalue weighted by molar-refractivity contribution is 0.0597. The number of sulfonamides is 1. The zero-order chi connectivity index (χ0) is 18.1. The fourth-order valence-electron chi connectivity index (χ4n) is 1.69. The van der Waals surface area contributed by atoms with Crippen LogP contribution >= 0.6 is 11.3 Å². The van der Waals surface area contributed by atoms with Crippen molar-refractivity contribution in [3.8, 4) is 6.01 Å². The summed E-state index contributed by atoms with van der Waals surface area (Å²) in [6, 6.07) is -1.50. The molecule has 0 aliphatic carbocycles. The Hall–Kier alpha value is -2.67. The standard InChI is InChI=1S/C11H12N4O7S2/c1-14-10(22-3)12-15(11(14)18)9(17)13-24(19,20)7-5-23-4-6(7)8(16)21-2/h4-5H,1-3H3,(H,13,17). The van der Waals surface area contributed by atoms with Crippen LogP contribution in [0.4, 0.5) is 4.79 Å². The van der Waals surface area contributed by atoms with Crippen LogP contribution in [0.15, 0.2) is 20.5 Å². The maximum Gasteiger partial charge on any atom is 0.360 e. The third-order valence-electron chi connectivity index (χ3n) is 2.86. The van der Waals surface area contributed by atoms with Gasteiger partial charge < -0.3 is 9.47 Å². The number of esters is 1. The van der Waals surface area contributed by atoms with Gasteiger partial charge >= 0.3 is 23.7 Å². The quantitative estimate of drug-likeness (QED) is 0.697. The first-order valence-corrected chi connectivity index (χ1v) is 8.57. The Kier molecular flexibility index (Phi) is 4.75. The molecule has 0 aliphatic rings. The number of methoxy groups -OCH3 is 2. The molecule has 0 radical (unpaired) electrons. The van der Waals surface area contributed by atoms with Crippen LogP contribution in [0, 0.1) is 0 Å². The molecule has 0 saturated carbocycles. The summed E-state index contributed by atoms with van der Waals surface area (Å²) in [6.07, 6.45) is 0. The summed E-state index contributed by atoms with van der Waals surface area (Å²) in [4.78, 5) is 35.0. The molecule has 2 heterocycles. The van der Waals surface area contributed by atoms with E-state index in [1.165, 1.54) is 19.5 Å². The summed E-state index contributed by atoms with van der Waals surface area (Å²) in [5, 5.41) is 5.97. The first-order chi connectivity index (χ1) is 11.2. The van der Waals surface area contributed by atoms with Crippen molar-refractivity contribution in [3.63, 3.8) is 0 Å². The van der Waals surface area contributed by atoms with Gasteiger partial charge in [0.1, 0.15) is 4.90 Å². The highest BCUT2D eigenvalue weighted by Crippen LogP contribution is 2.21. The zero-order valence-corrected chi connectivity index (χ0v) is 14.3. The van der Waals surface area contributed by atoms with Crippen LogP contribution in [0.2, 0.25) is 0 Å². The van der Waals surface area contributed by atoms with Gasteiger partial charge in [-0.15, -0.1) is 9.78 Å². The number of nitrogens with one attached hydrogen (secondary N) is 1. The summed E-state index contributed by atoms with van der Waals surface area (Å²) in [5.41, 5.74) is -1.13. The van der Waals surface area contributed by atoms with Gasteiger partial charge in [-0.2, -0.15) is 11.3 Å². The Bertz CT molecular complexity index is 953. The molecule has 1 N–H and O–H groups in total. The topological polar surface area (TPSA) is 139 Å². The monoisotopic (exact) mass is 376 g/mol. The smallest absolute Gasteiger partial charge is 0.360 e. The molecule has 0 atom stereocenters. The number of aromatic nitrogens is 3. The van der Waals surface area contributed by atoms with Crippen molar-refractivity contribution in [3.05, 3.63) is 26.8 Å². The first kappa shape index (κ1) is 17.7. The predicted octanol–water partition coefficient (Wildman–Crippen LogP) is -0.615. The number of thiophene rings is 1. The molecule has 24 heavy (non-hydrogen) atoms. The van der Waals surface area contributed by atoms with E-state index in [1.807, 2.05) is 0 Å². The van der Waals surface area contributed by atoms with Crippen molar-refractivity contribution < 1.29 is 27.5 Å². The van der Waals surface area contributed by atoms with Crippen molar-refractivity contribution >= 4 is 33.4 Å². The van der Waals surface area contributed by atoms with Crippen LogP contribution in [0.25, 0.3) is 0 Å². The molecular weight excluding hydrogens is 364 g/mol. The molecule has 0 bridgehead atoms. The van der Waals surface area contributed by atoms with Gasteiger partial charge in [0.2, 0.25) is 0 Å². The van der Waals surface area contributed by atoms with E-state index in [4.69, 9.17) is 4.74 Å². The number of ether oxygens (including phenoxy) is 2. The molecule has 0 unspecified atom stereocenters. The van der Waals surface area contributed by atoms with E-state index in [1.54, 1.807) is 4.72 Å². The summed E-state index contributed by atoms with van der Waals surface area (Å²) in [7, 11) is -0.802.